The number of hydrogen-bond donors (Lipinski definition) is 1. The van der Waals surface area contributed by atoms with Gasteiger partial charge in [0, 0.05) is 32.3 Å². The zero-order chi connectivity index (χ0) is 15.7. The van der Waals surface area contributed by atoms with Crippen LogP contribution in [0.5, 0.6) is 0 Å². The first-order chi connectivity index (χ1) is 10.5. The molecular formula is C17H21N3O2. The monoisotopic (exact) mass is 299 g/mol. The molecule has 1 N–H and O–H groups in total. The van der Waals surface area contributed by atoms with Crippen LogP contribution in [-0.4, -0.2) is 38.6 Å². The normalized spacial score (nSPS) is 18.7. The van der Waals surface area contributed by atoms with Crippen LogP contribution in [0.15, 0.2) is 30.5 Å². The summed E-state index contributed by atoms with van der Waals surface area (Å²) in [4.78, 5) is 18.0. The Morgan fingerprint density at radius 1 is 1.45 bits per heavy atom. The summed E-state index contributed by atoms with van der Waals surface area (Å²) in [5.41, 5.74) is 2.47. The van der Waals surface area contributed by atoms with Gasteiger partial charge in [-0.1, -0.05) is 12.1 Å². The summed E-state index contributed by atoms with van der Waals surface area (Å²) in [5, 5.41) is 9.07. The van der Waals surface area contributed by atoms with Crippen LogP contribution in [0.1, 0.15) is 39.8 Å². The summed E-state index contributed by atoms with van der Waals surface area (Å²) in [6.45, 7) is 4.81. The SMILES string of the molecule is Cc1cn(C)c(C2CCN(Cc3cccc(C(=O)O)c3)C2)n1. The molecule has 1 atom stereocenters. The minimum absolute atomic E-state index is 0.355. The van der Waals surface area contributed by atoms with Gasteiger partial charge in [0.05, 0.1) is 11.3 Å². The maximum Gasteiger partial charge on any atom is 0.335 e. The number of benzene rings is 1. The van der Waals surface area contributed by atoms with Gasteiger partial charge in [-0.25, -0.2) is 9.78 Å². The summed E-state index contributed by atoms with van der Waals surface area (Å²) in [6.07, 6.45) is 3.16. The number of aromatic nitrogens is 2. The zero-order valence-electron chi connectivity index (χ0n) is 13.0. The zero-order valence-corrected chi connectivity index (χ0v) is 13.0. The van der Waals surface area contributed by atoms with Crippen LogP contribution in [0, 0.1) is 6.92 Å². The van der Waals surface area contributed by atoms with Gasteiger partial charge < -0.3 is 9.67 Å². The van der Waals surface area contributed by atoms with Gasteiger partial charge in [-0.05, 0) is 37.6 Å². The number of carbonyl (C=O) groups is 1. The second kappa shape index (κ2) is 5.93. The summed E-state index contributed by atoms with van der Waals surface area (Å²) in [7, 11) is 2.05. The van der Waals surface area contributed by atoms with E-state index >= 15 is 0 Å². The van der Waals surface area contributed by atoms with Crippen molar-refractivity contribution in [3.63, 3.8) is 0 Å². The highest BCUT2D eigenvalue weighted by Crippen LogP contribution is 2.27. The van der Waals surface area contributed by atoms with Gasteiger partial charge in [-0.2, -0.15) is 0 Å². The first kappa shape index (κ1) is 14.8. The van der Waals surface area contributed by atoms with E-state index in [-0.39, 0.29) is 0 Å². The van der Waals surface area contributed by atoms with Gasteiger partial charge in [0.1, 0.15) is 5.82 Å². The second-order valence-electron chi connectivity index (χ2n) is 6.08. The minimum Gasteiger partial charge on any atom is -0.478 e. The predicted octanol–water partition coefficient (Wildman–Crippen LogP) is 2.42. The molecule has 1 fully saturated rings. The summed E-state index contributed by atoms with van der Waals surface area (Å²) >= 11 is 0. The molecule has 0 radical (unpaired) electrons. The molecule has 1 aromatic carbocycles. The van der Waals surface area contributed by atoms with Crippen molar-refractivity contribution in [1.29, 1.82) is 0 Å². The maximum absolute atomic E-state index is 11.0. The van der Waals surface area contributed by atoms with Crippen LogP contribution in [0.2, 0.25) is 0 Å². The standard InChI is InChI=1S/C17H21N3O2/c1-12-9-19(2)16(18-12)15-6-7-20(11-15)10-13-4-3-5-14(8-13)17(21)22/h3-5,8-9,15H,6-7,10-11H2,1-2H3,(H,21,22). The van der Waals surface area contributed by atoms with Gasteiger partial charge >= 0.3 is 5.97 Å². The second-order valence-corrected chi connectivity index (χ2v) is 6.08. The van der Waals surface area contributed by atoms with Crippen molar-refractivity contribution < 1.29 is 9.90 Å². The Kier molecular flexibility index (Phi) is 3.98. The Hall–Kier alpha value is -2.14. The molecule has 1 saturated heterocycles. The van der Waals surface area contributed by atoms with Crippen molar-refractivity contribution >= 4 is 5.97 Å². The van der Waals surface area contributed by atoms with Crippen LogP contribution in [0.25, 0.3) is 0 Å². The van der Waals surface area contributed by atoms with E-state index in [0.29, 0.717) is 11.5 Å². The lowest BCUT2D eigenvalue weighted by Gasteiger charge is -2.16. The van der Waals surface area contributed by atoms with E-state index in [1.165, 1.54) is 0 Å². The fraction of sp³-hybridized carbons (Fsp3) is 0.412. The summed E-state index contributed by atoms with van der Waals surface area (Å²) in [5.74, 6) is 0.741. The topological polar surface area (TPSA) is 58.4 Å². The lowest BCUT2D eigenvalue weighted by atomic mass is 10.1. The third-order valence-corrected chi connectivity index (χ3v) is 4.25. The number of rotatable bonds is 4. The minimum atomic E-state index is -0.871. The van der Waals surface area contributed by atoms with Gasteiger partial charge in [-0.3, -0.25) is 4.90 Å². The Balaban J connectivity index is 1.67. The van der Waals surface area contributed by atoms with Crippen molar-refractivity contribution in [2.24, 2.45) is 7.05 Å². The van der Waals surface area contributed by atoms with Crippen molar-refractivity contribution in [3.05, 3.63) is 53.1 Å². The van der Waals surface area contributed by atoms with Gasteiger partial charge in [0.2, 0.25) is 0 Å². The van der Waals surface area contributed by atoms with Crippen molar-refractivity contribution in [1.82, 2.24) is 14.5 Å². The van der Waals surface area contributed by atoms with Crippen LogP contribution in [-0.2, 0) is 13.6 Å². The van der Waals surface area contributed by atoms with Gasteiger partial charge in [0.25, 0.3) is 0 Å². The van der Waals surface area contributed by atoms with Crippen LogP contribution < -0.4 is 0 Å². The highest BCUT2D eigenvalue weighted by atomic mass is 16.4. The number of hydrogen-bond acceptors (Lipinski definition) is 3. The number of carboxylic acid groups (broad SMARTS) is 1. The highest BCUT2D eigenvalue weighted by Gasteiger charge is 2.27. The molecule has 0 bridgehead atoms. The molecule has 1 aliphatic rings. The number of carboxylic acids is 1. The molecule has 0 saturated carbocycles. The molecular weight excluding hydrogens is 278 g/mol. The molecule has 1 aliphatic heterocycles. The Morgan fingerprint density at radius 3 is 2.95 bits per heavy atom. The maximum atomic E-state index is 11.0. The average Bonchev–Trinajstić information content (AvgIpc) is 3.05. The average molecular weight is 299 g/mol. The van der Waals surface area contributed by atoms with E-state index in [1.54, 1.807) is 12.1 Å². The molecule has 2 heterocycles. The predicted molar refractivity (Wildman–Crippen MR) is 84.0 cm³/mol. The Labute approximate surface area is 130 Å². The fourth-order valence-corrected chi connectivity index (χ4v) is 3.26. The number of nitrogens with zero attached hydrogens (tertiary/aromatic N) is 3. The fourth-order valence-electron chi connectivity index (χ4n) is 3.26. The smallest absolute Gasteiger partial charge is 0.335 e. The molecule has 5 heteroatoms. The van der Waals surface area contributed by atoms with Gasteiger partial charge in [-0.15, -0.1) is 0 Å². The van der Waals surface area contributed by atoms with Crippen LogP contribution in [0.3, 0.4) is 0 Å². The van der Waals surface area contributed by atoms with E-state index < -0.39 is 5.97 Å². The highest BCUT2D eigenvalue weighted by molar-refractivity contribution is 5.87. The molecule has 0 aliphatic carbocycles. The molecule has 2 aromatic rings. The van der Waals surface area contributed by atoms with E-state index in [9.17, 15) is 4.79 Å². The van der Waals surface area contributed by atoms with Crippen LogP contribution in [0.4, 0.5) is 0 Å². The molecule has 0 amide bonds. The quantitative estimate of drug-likeness (QED) is 0.942. The van der Waals surface area contributed by atoms with E-state index in [0.717, 1.165) is 43.1 Å². The van der Waals surface area contributed by atoms with Crippen molar-refractivity contribution in [2.45, 2.75) is 25.8 Å². The van der Waals surface area contributed by atoms with Crippen molar-refractivity contribution in [3.8, 4) is 0 Å². The van der Waals surface area contributed by atoms with Crippen LogP contribution >= 0.6 is 0 Å². The summed E-state index contributed by atoms with van der Waals surface area (Å²) in [6, 6.07) is 7.20. The lowest BCUT2D eigenvalue weighted by molar-refractivity contribution is 0.0696. The van der Waals surface area contributed by atoms with E-state index in [1.807, 2.05) is 26.1 Å². The Morgan fingerprint density at radius 2 is 2.27 bits per heavy atom. The third kappa shape index (κ3) is 3.04. The van der Waals surface area contributed by atoms with E-state index in [2.05, 4.69) is 20.6 Å². The van der Waals surface area contributed by atoms with E-state index in [4.69, 9.17) is 5.11 Å². The number of likely N-dealkylation sites (tertiary alicyclic amines) is 1. The number of aromatic carboxylic acids is 1. The summed E-state index contributed by atoms with van der Waals surface area (Å²) < 4.78 is 2.12. The molecule has 3 rings (SSSR count). The molecule has 1 unspecified atom stereocenters. The first-order valence-electron chi connectivity index (χ1n) is 7.57. The molecule has 116 valence electrons. The van der Waals surface area contributed by atoms with Crippen molar-refractivity contribution in [2.75, 3.05) is 13.1 Å². The molecule has 22 heavy (non-hydrogen) atoms. The lowest BCUT2D eigenvalue weighted by Crippen LogP contribution is -2.20. The first-order valence-corrected chi connectivity index (χ1v) is 7.57. The van der Waals surface area contributed by atoms with Gasteiger partial charge in [0.15, 0.2) is 0 Å². The number of aryl methyl sites for hydroxylation is 2. The largest absolute Gasteiger partial charge is 0.478 e. The molecule has 1 aromatic heterocycles. The Bertz CT molecular complexity index is 693. The molecule has 5 nitrogen and oxygen atoms in total. The number of imidazole rings is 1. The molecule has 0 spiro atoms. The third-order valence-electron chi connectivity index (χ3n) is 4.25.